The quantitative estimate of drug-likeness (QED) is 0.872. The van der Waals surface area contributed by atoms with Gasteiger partial charge in [-0.25, -0.2) is 13.4 Å². The number of benzene rings is 1. The van der Waals surface area contributed by atoms with Crippen LogP contribution in [0, 0.1) is 0 Å². The van der Waals surface area contributed by atoms with Gasteiger partial charge in [0.2, 0.25) is 0 Å². The molecule has 1 aliphatic rings. The monoisotopic (exact) mass is 307 g/mol. The Labute approximate surface area is 121 Å². The Hall–Kier alpha value is -2.19. The predicted molar refractivity (Wildman–Crippen MR) is 73.0 cm³/mol. The summed E-state index contributed by atoms with van der Waals surface area (Å²) in [4.78, 5) is 17.7. The van der Waals surface area contributed by atoms with Crippen LogP contribution in [0.5, 0.6) is 0 Å². The van der Waals surface area contributed by atoms with Crippen LogP contribution in [0.4, 0.5) is 0 Å². The Morgan fingerprint density at radius 3 is 2.81 bits per heavy atom. The van der Waals surface area contributed by atoms with E-state index in [-0.39, 0.29) is 18.1 Å². The minimum absolute atomic E-state index is 0.0361. The van der Waals surface area contributed by atoms with Crippen LogP contribution in [0.2, 0.25) is 0 Å². The summed E-state index contributed by atoms with van der Waals surface area (Å²) in [5, 5.41) is 9.32. The number of H-pyrrole nitrogens is 1. The number of fused-ring (bicyclic) bond motifs is 1. The third-order valence-electron chi connectivity index (χ3n) is 3.55. The summed E-state index contributed by atoms with van der Waals surface area (Å²) in [5.41, 5.74) is 1.38. The maximum atomic E-state index is 12.5. The van der Waals surface area contributed by atoms with Gasteiger partial charge in [0.25, 0.3) is 10.0 Å². The smallest absolute Gasteiger partial charge is 0.312 e. The second-order valence-corrected chi connectivity index (χ2v) is 6.71. The molecule has 1 aromatic heterocycles. The second-order valence-electron chi connectivity index (χ2n) is 4.80. The minimum Gasteiger partial charge on any atom is -0.481 e. The van der Waals surface area contributed by atoms with Crippen molar-refractivity contribution in [2.45, 2.75) is 17.5 Å². The SMILES string of the molecule is O=C(O)C1CN(S(=O)(=O)c2cnc[nH]2)Cc2ccccc21. The number of nitrogens with zero attached hydrogens (tertiary/aromatic N) is 2. The van der Waals surface area contributed by atoms with E-state index in [1.54, 1.807) is 24.3 Å². The molecule has 1 atom stereocenters. The second kappa shape index (κ2) is 4.97. The van der Waals surface area contributed by atoms with E-state index in [1.807, 2.05) is 0 Å². The highest BCUT2D eigenvalue weighted by Crippen LogP contribution is 2.31. The standard InChI is InChI=1S/C13H13N3O4S/c17-13(18)11-7-16(6-9-3-1-2-4-10(9)11)21(19,20)12-5-14-8-15-12/h1-5,8,11H,6-7H2,(H,14,15)(H,17,18). The number of imidazole rings is 1. The van der Waals surface area contributed by atoms with Gasteiger partial charge in [0.15, 0.2) is 5.03 Å². The lowest BCUT2D eigenvalue weighted by molar-refractivity contribution is -0.139. The molecule has 0 saturated carbocycles. The van der Waals surface area contributed by atoms with Crippen molar-refractivity contribution < 1.29 is 18.3 Å². The molecule has 7 nitrogen and oxygen atoms in total. The molecule has 1 aromatic carbocycles. The number of carboxylic acids is 1. The molecule has 0 aliphatic carbocycles. The van der Waals surface area contributed by atoms with Gasteiger partial charge in [0.1, 0.15) is 0 Å². The Morgan fingerprint density at radius 2 is 2.14 bits per heavy atom. The van der Waals surface area contributed by atoms with E-state index in [9.17, 15) is 18.3 Å². The first-order chi connectivity index (χ1) is 10.00. The van der Waals surface area contributed by atoms with Gasteiger partial charge < -0.3 is 10.1 Å². The fraction of sp³-hybridized carbons (Fsp3) is 0.231. The highest BCUT2D eigenvalue weighted by atomic mass is 32.2. The third kappa shape index (κ3) is 2.32. The maximum Gasteiger partial charge on any atom is 0.312 e. The summed E-state index contributed by atoms with van der Waals surface area (Å²) in [5.74, 6) is -1.90. The van der Waals surface area contributed by atoms with E-state index in [2.05, 4.69) is 9.97 Å². The summed E-state index contributed by atoms with van der Waals surface area (Å²) in [6, 6.07) is 7.01. The van der Waals surface area contributed by atoms with Gasteiger partial charge >= 0.3 is 5.97 Å². The molecule has 1 aliphatic heterocycles. The van der Waals surface area contributed by atoms with E-state index < -0.39 is 21.9 Å². The van der Waals surface area contributed by atoms with Gasteiger partial charge in [0, 0.05) is 13.1 Å². The summed E-state index contributed by atoms with van der Waals surface area (Å²) >= 11 is 0. The number of carboxylic acid groups (broad SMARTS) is 1. The van der Waals surface area contributed by atoms with Crippen LogP contribution in [0.15, 0.2) is 41.8 Å². The predicted octanol–water partition coefficient (Wildman–Crippen LogP) is 0.782. The normalized spacial score (nSPS) is 19.1. The van der Waals surface area contributed by atoms with E-state index >= 15 is 0 Å². The molecule has 1 unspecified atom stereocenters. The summed E-state index contributed by atoms with van der Waals surface area (Å²) < 4.78 is 26.1. The Balaban J connectivity index is 2.03. The highest BCUT2D eigenvalue weighted by Gasteiger charge is 2.36. The average molecular weight is 307 g/mol. The number of nitrogens with one attached hydrogen (secondary N) is 1. The number of hydrogen-bond donors (Lipinski definition) is 2. The first kappa shape index (κ1) is 13.8. The molecule has 21 heavy (non-hydrogen) atoms. The molecule has 110 valence electrons. The molecule has 3 rings (SSSR count). The van der Waals surface area contributed by atoms with Crippen LogP contribution >= 0.6 is 0 Å². The van der Waals surface area contributed by atoms with Gasteiger partial charge in [-0.3, -0.25) is 4.79 Å². The van der Waals surface area contributed by atoms with Crippen LogP contribution in [-0.2, 0) is 21.4 Å². The lowest BCUT2D eigenvalue weighted by Gasteiger charge is -2.31. The number of aromatic nitrogens is 2. The topological polar surface area (TPSA) is 103 Å². The van der Waals surface area contributed by atoms with E-state index in [1.165, 1.54) is 16.8 Å². The van der Waals surface area contributed by atoms with Gasteiger partial charge in [-0.15, -0.1) is 0 Å². The molecule has 8 heteroatoms. The molecule has 0 spiro atoms. The number of aromatic amines is 1. The van der Waals surface area contributed by atoms with Crippen molar-refractivity contribution in [3.8, 4) is 0 Å². The summed E-state index contributed by atoms with van der Waals surface area (Å²) in [6.07, 6.45) is 2.49. The van der Waals surface area contributed by atoms with Crippen molar-refractivity contribution >= 4 is 16.0 Å². The Bertz CT molecular complexity index is 770. The minimum atomic E-state index is -3.78. The van der Waals surface area contributed by atoms with Crippen LogP contribution in [-0.4, -0.2) is 40.3 Å². The van der Waals surface area contributed by atoms with E-state index in [0.717, 1.165) is 0 Å². The van der Waals surface area contributed by atoms with E-state index in [4.69, 9.17) is 0 Å². The molecule has 0 radical (unpaired) electrons. The zero-order valence-electron chi connectivity index (χ0n) is 10.9. The number of sulfonamides is 1. The average Bonchev–Trinajstić information content (AvgIpc) is 3.00. The molecule has 2 N–H and O–H groups in total. The number of hydrogen-bond acceptors (Lipinski definition) is 4. The van der Waals surface area contributed by atoms with E-state index in [0.29, 0.717) is 11.1 Å². The lowest BCUT2D eigenvalue weighted by atomic mass is 9.91. The van der Waals surface area contributed by atoms with Crippen molar-refractivity contribution in [2.75, 3.05) is 6.54 Å². The van der Waals surface area contributed by atoms with Crippen LogP contribution in [0.3, 0.4) is 0 Å². The first-order valence-corrected chi connectivity index (χ1v) is 7.73. The molecule has 0 saturated heterocycles. The first-order valence-electron chi connectivity index (χ1n) is 6.29. The van der Waals surface area contributed by atoms with Crippen molar-refractivity contribution in [2.24, 2.45) is 0 Å². The van der Waals surface area contributed by atoms with Gasteiger partial charge in [-0.1, -0.05) is 24.3 Å². The molecular formula is C13H13N3O4S. The fourth-order valence-corrected chi connectivity index (χ4v) is 3.82. The fourth-order valence-electron chi connectivity index (χ4n) is 2.49. The van der Waals surface area contributed by atoms with Crippen molar-refractivity contribution in [3.63, 3.8) is 0 Å². The maximum absolute atomic E-state index is 12.5. The van der Waals surface area contributed by atoms with Crippen molar-refractivity contribution in [1.29, 1.82) is 0 Å². The number of carbonyl (C=O) groups is 1. The summed E-state index contributed by atoms with van der Waals surface area (Å²) in [7, 11) is -3.78. The third-order valence-corrected chi connectivity index (χ3v) is 5.29. The lowest BCUT2D eigenvalue weighted by Crippen LogP contribution is -2.40. The molecule has 0 bridgehead atoms. The zero-order chi connectivity index (χ0) is 15.0. The Kier molecular flexibility index (Phi) is 3.26. The molecule has 2 aromatic rings. The molecule has 2 heterocycles. The zero-order valence-corrected chi connectivity index (χ0v) is 11.7. The largest absolute Gasteiger partial charge is 0.481 e. The van der Waals surface area contributed by atoms with Crippen molar-refractivity contribution in [3.05, 3.63) is 47.9 Å². The number of aliphatic carboxylic acids is 1. The van der Waals surface area contributed by atoms with Gasteiger partial charge in [-0.2, -0.15) is 4.31 Å². The van der Waals surface area contributed by atoms with Crippen LogP contribution in [0.1, 0.15) is 17.0 Å². The van der Waals surface area contributed by atoms with Gasteiger partial charge in [0.05, 0.1) is 18.4 Å². The molecule has 0 amide bonds. The molecule has 0 fully saturated rings. The number of rotatable bonds is 3. The molecular weight excluding hydrogens is 294 g/mol. The van der Waals surface area contributed by atoms with Crippen LogP contribution < -0.4 is 0 Å². The van der Waals surface area contributed by atoms with Crippen molar-refractivity contribution in [1.82, 2.24) is 14.3 Å². The Morgan fingerprint density at radius 1 is 1.38 bits per heavy atom. The van der Waals surface area contributed by atoms with Gasteiger partial charge in [-0.05, 0) is 11.1 Å². The summed E-state index contributed by atoms with van der Waals surface area (Å²) in [6.45, 7) is 0.0645. The highest BCUT2D eigenvalue weighted by molar-refractivity contribution is 7.89. The van der Waals surface area contributed by atoms with Crippen LogP contribution in [0.25, 0.3) is 0 Å².